The van der Waals surface area contributed by atoms with E-state index in [9.17, 15) is 28.8 Å². The standard InChI is InChI=1S/C6H11NO10S/c7-6(12)5(11)4(10,16-18(13,14)17-5)3(9)2(1-8)15-6/h2-3,8-12H,1,7H2/t2-,3+,4+,5-,6?/m1/s1. The number of hydrogen-bond donors (Lipinski definition) is 6. The second kappa shape index (κ2) is 3.57. The second-order valence-corrected chi connectivity index (χ2v) is 5.05. The number of aliphatic hydroxyl groups excluding tert-OH is 2. The average molecular weight is 289 g/mol. The monoisotopic (exact) mass is 289 g/mol. The molecule has 1 unspecified atom stereocenters. The van der Waals surface area contributed by atoms with Crippen LogP contribution in [0.5, 0.6) is 0 Å². The molecule has 2 aliphatic rings. The highest BCUT2D eigenvalue weighted by atomic mass is 32.3. The van der Waals surface area contributed by atoms with Crippen molar-refractivity contribution in [3.05, 3.63) is 0 Å². The van der Waals surface area contributed by atoms with Gasteiger partial charge < -0.3 is 30.3 Å². The highest BCUT2D eigenvalue weighted by Crippen LogP contribution is 2.48. The van der Waals surface area contributed by atoms with Crippen molar-refractivity contribution in [2.24, 2.45) is 5.73 Å². The molecule has 0 aromatic rings. The molecule has 18 heavy (non-hydrogen) atoms. The van der Waals surface area contributed by atoms with Crippen LogP contribution in [0.3, 0.4) is 0 Å². The van der Waals surface area contributed by atoms with Crippen molar-refractivity contribution >= 4 is 10.4 Å². The van der Waals surface area contributed by atoms with Gasteiger partial charge in [0.25, 0.3) is 11.7 Å². The molecule has 11 nitrogen and oxygen atoms in total. The van der Waals surface area contributed by atoms with E-state index in [0.717, 1.165) is 0 Å². The summed E-state index contributed by atoms with van der Waals surface area (Å²) in [4.78, 5) is 0. The van der Waals surface area contributed by atoms with Crippen LogP contribution in [-0.4, -0.2) is 70.3 Å². The third-order valence-electron chi connectivity index (χ3n) is 2.69. The molecule has 0 saturated carbocycles. The van der Waals surface area contributed by atoms with Gasteiger partial charge in [-0.15, -0.1) is 0 Å². The normalized spacial score (nSPS) is 55.2. The van der Waals surface area contributed by atoms with E-state index < -0.39 is 46.7 Å². The molecule has 0 amide bonds. The first-order valence-corrected chi connectivity index (χ1v) is 5.91. The summed E-state index contributed by atoms with van der Waals surface area (Å²) in [5, 5.41) is 47.7. The molecule has 106 valence electrons. The Morgan fingerprint density at radius 2 is 1.78 bits per heavy atom. The van der Waals surface area contributed by atoms with Crippen molar-refractivity contribution in [2.45, 2.75) is 29.7 Å². The van der Waals surface area contributed by atoms with Crippen LogP contribution >= 0.6 is 0 Å². The lowest BCUT2D eigenvalue weighted by Crippen LogP contribution is -2.81. The predicted octanol–water partition coefficient (Wildman–Crippen LogP) is -4.99. The van der Waals surface area contributed by atoms with Crippen molar-refractivity contribution in [1.29, 1.82) is 0 Å². The summed E-state index contributed by atoms with van der Waals surface area (Å²) in [6.07, 6.45) is -3.98. The van der Waals surface area contributed by atoms with Crippen LogP contribution in [0.4, 0.5) is 0 Å². The van der Waals surface area contributed by atoms with Crippen molar-refractivity contribution < 1.29 is 47.1 Å². The third kappa shape index (κ3) is 1.53. The van der Waals surface area contributed by atoms with Gasteiger partial charge in [0.1, 0.15) is 12.2 Å². The first-order valence-electron chi connectivity index (χ1n) is 4.58. The first kappa shape index (κ1) is 14.0. The fourth-order valence-electron chi connectivity index (χ4n) is 1.77. The minimum absolute atomic E-state index is 0.956. The molecule has 7 N–H and O–H groups in total. The molecule has 2 aliphatic heterocycles. The van der Waals surface area contributed by atoms with Crippen LogP contribution in [0.1, 0.15) is 0 Å². The number of nitrogens with two attached hydrogens (primary N) is 1. The molecule has 2 fully saturated rings. The van der Waals surface area contributed by atoms with Gasteiger partial charge in [-0.3, -0.25) is 5.73 Å². The topological polar surface area (TPSA) is 189 Å². The van der Waals surface area contributed by atoms with Gasteiger partial charge in [-0.1, -0.05) is 0 Å². The zero-order valence-electron chi connectivity index (χ0n) is 8.62. The van der Waals surface area contributed by atoms with Crippen molar-refractivity contribution in [3.63, 3.8) is 0 Å². The molecule has 2 rings (SSSR count). The van der Waals surface area contributed by atoms with Crippen molar-refractivity contribution in [2.75, 3.05) is 6.61 Å². The minimum atomic E-state index is -4.94. The van der Waals surface area contributed by atoms with E-state index in [4.69, 9.17) is 10.8 Å². The fraction of sp³-hybridized carbons (Fsp3) is 1.00. The van der Waals surface area contributed by atoms with E-state index in [2.05, 4.69) is 13.1 Å². The van der Waals surface area contributed by atoms with Gasteiger partial charge in [0, 0.05) is 0 Å². The van der Waals surface area contributed by atoms with Crippen LogP contribution in [0.25, 0.3) is 0 Å². The smallest absolute Gasteiger partial charge is 0.394 e. The summed E-state index contributed by atoms with van der Waals surface area (Å²) in [5.74, 6) is -10.1. The Morgan fingerprint density at radius 1 is 1.22 bits per heavy atom. The minimum Gasteiger partial charge on any atom is -0.394 e. The van der Waals surface area contributed by atoms with E-state index in [0.29, 0.717) is 0 Å². The van der Waals surface area contributed by atoms with Gasteiger partial charge in [0.05, 0.1) is 6.61 Å². The maximum atomic E-state index is 11.1. The van der Waals surface area contributed by atoms with Crippen LogP contribution < -0.4 is 5.73 Å². The lowest BCUT2D eigenvalue weighted by Gasteiger charge is -2.49. The Labute approximate surface area is 100 Å². The molecule has 12 heteroatoms. The summed E-state index contributed by atoms with van der Waals surface area (Å²) in [6.45, 7) is -0.956. The fourth-order valence-corrected chi connectivity index (χ4v) is 2.86. The van der Waals surface area contributed by atoms with Crippen molar-refractivity contribution in [1.82, 2.24) is 0 Å². The van der Waals surface area contributed by atoms with Crippen LogP contribution in [0, 0.1) is 0 Å². The van der Waals surface area contributed by atoms with Gasteiger partial charge in [-0.05, 0) is 0 Å². The van der Waals surface area contributed by atoms with E-state index in [1.54, 1.807) is 0 Å². The lowest BCUT2D eigenvalue weighted by atomic mass is 9.89. The zero-order chi connectivity index (χ0) is 14.0. The summed E-state index contributed by atoms with van der Waals surface area (Å²) in [7, 11) is -4.94. The van der Waals surface area contributed by atoms with Crippen LogP contribution in [0.15, 0.2) is 0 Å². The SMILES string of the molecule is NC1(O)O[C@H](CO)[C@H](O)[C@]2(O)OS(=O)(=O)O[C@@]12O. The van der Waals surface area contributed by atoms with E-state index in [-0.39, 0.29) is 0 Å². The van der Waals surface area contributed by atoms with Gasteiger partial charge in [0.15, 0.2) is 0 Å². The zero-order valence-corrected chi connectivity index (χ0v) is 9.44. The highest BCUT2D eigenvalue weighted by Gasteiger charge is 2.80. The molecule has 0 radical (unpaired) electrons. The Bertz CT molecular complexity index is 463. The summed E-state index contributed by atoms with van der Waals surface area (Å²) in [6, 6.07) is 0. The molecule has 0 spiro atoms. The molecular weight excluding hydrogens is 278 g/mol. The van der Waals surface area contributed by atoms with Gasteiger partial charge in [-0.2, -0.15) is 12.6 Å². The lowest BCUT2D eigenvalue weighted by molar-refractivity contribution is -0.480. The Kier molecular flexibility index (Phi) is 2.78. The molecule has 0 aromatic carbocycles. The molecule has 0 bridgehead atoms. The Morgan fingerprint density at radius 3 is 2.28 bits per heavy atom. The Hall–Kier alpha value is -0.410. The quantitative estimate of drug-likeness (QED) is 0.253. The first-order chi connectivity index (χ1) is 7.99. The third-order valence-corrected chi connectivity index (χ3v) is 3.59. The Balaban J connectivity index is 2.58. The highest BCUT2D eigenvalue weighted by molar-refractivity contribution is 7.82. The van der Waals surface area contributed by atoms with Crippen LogP contribution in [-0.2, 0) is 23.5 Å². The largest absolute Gasteiger partial charge is 0.406 e. The summed E-state index contributed by atoms with van der Waals surface area (Å²) < 4.78 is 34.5. The summed E-state index contributed by atoms with van der Waals surface area (Å²) >= 11 is 0. The maximum absolute atomic E-state index is 11.1. The van der Waals surface area contributed by atoms with Gasteiger partial charge >= 0.3 is 16.2 Å². The van der Waals surface area contributed by atoms with Crippen molar-refractivity contribution in [3.8, 4) is 0 Å². The number of ether oxygens (including phenoxy) is 1. The molecule has 2 saturated heterocycles. The van der Waals surface area contributed by atoms with E-state index >= 15 is 0 Å². The van der Waals surface area contributed by atoms with Gasteiger partial charge in [0.2, 0.25) is 0 Å². The average Bonchev–Trinajstić information content (AvgIpc) is 2.41. The number of rotatable bonds is 1. The number of hydrogen-bond acceptors (Lipinski definition) is 11. The molecule has 5 atom stereocenters. The van der Waals surface area contributed by atoms with E-state index in [1.165, 1.54) is 0 Å². The molecule has 0 aromatic heterocycles. The molecular formula is C6H11NO10S. The predicted molar refractivity (Wildman–Crippen MR) is 48.1 cm³/mol. The molecule has 2 heterocycles. The maximum Gasteiger partial charge on any atom is 0.406 e. The second-order valence-electron chi connectivity index (χ2n) is 3.90. The number of fused-ring (bicyclic) bond motifs is 1. The summed E-state index contributed by atoms with van der Waals surface area (Å²) in [5.41, 5.74) is 5.06. The van der Waals surface area contributed by atoms with E-state index in [1.807, 2.05) is 0 Å². The number of aliphatic hydroxyl groups is 5. The molecule has 0 aliphatic carbocycles. The van der Waals surface area contributed by atoms with Crippen LogP contribution in [0.2, 0.25) is 0 Å². The van der Waals surface area contributed by atoms with Gasteiger partial charge in [-0.25, -0.2) is 4.18 Å².